The number of carbonyl (C=O) groups is 1. The van der Waals surface area contributed by atoms with Crippen molar-refractivity contribution in [3.63, 3.8) is 0 Å². The number of urea groups is 1. The molecule has 0 aromatic heterocycles. The number of hydrogen-bond acceptors (Lipinski definition) is 6. The van der Waals surface area contributed by atoms with Gasteiger partial charge in [0.05, 0.1) is 36.0 Å². The summed E-state index contributed by atoms with van der Waals surface area (Å²) in [5, 5.41) is 6.20. The molecule has 3 aromatic carbocycles. The number of anilines is 3. The van der Waals surface area contributed by atoms with Crippen LogP contribution in [-0.4, -0.2) is 33.5 Å². The van der Waals surface area contributed by atoms with E-state index in [1.807, 2.05) is 11.6 Å². The Kier molecular flexibility index (Phi) is 9.33. The highest BCUT2D eigenvalue weighted by Crippen LogP contribution is 2.41. The molecule has 0 heterocycles. The quantitative estimate of drug-likeness (QED) is 0.181. The van der Waals surface area contributed by atoms with Crippen molar-refractivity contribution in [1.29, 1.82) is 0 Å². The van der Waals surface area contributed by atoms with Gasteiger partial charge in [0.25, 0.3) is 0 Å². The normalized spacial score (nSPS) is 12.6. The molecule has 2 amide bonds. The van der Waals surface area contributed by atoms with Gasteiger partial charge in [0, 0.05) is 22.2 Å². The summed E-state index contributed by atoms with van der Waals surface area (Å²) in [6.45, 7) is 9.10. The molecule has 0 spiro atoms. The molecule has 0 aliphatic rings. The molecular weight excluding hydrogens is 561 g/mol. The van der Waals surface area contributed by atoms with Gasteiger partial charge in [0.15, 0.2) is 5.75 Å². The molecule has 0 unspecified atom stereocenters. The monoisotopic (exact) mass is 590 g/mol. The summed E-state index contributed by atoms with van der Waals surface area (Å²) in [5.41, 5.74) is -0.390. The van der Waals surface area contributed by atoms with Crippen molar-refractivity contribution < 1.29 is 35.9 Å². The summed E-state index contributed by atoms with van der Waals surface area (Å²) in [7, 11) is -2.83. The largest absolute Gasteiger partial charge is 0.492 e. The zero-order valence-electron chi connectivity index (χ0n) is 22.9. The van der Waals surface area contributed by atoms with Crippen LogP contribution in [0.3, 0.4) is 0 Å². The molecule has 0 saturated carbocycles. The number of halogens is 3. The van der Waals surface area contributed by atoms with Crippen molar-refractivity contribution in [2.45, 2.75) is 26.9 Å². The minimum Gasteiger partial charge on any atom is -0.492 e. The predicted octanol–water partition coefficient (Wildman–Crippen LogP) is 7.16. The van der Waals surface area contributed by atoms with E-state index in [1.54, 1.807) is 56.3 Å². The standard InChI is InChI=1S/C28H29F3N4O5S/c1-16(2)32-17(3)13-18(4)40-25-12-11-22(20-9-7-8-10-21(20)25)33-27(36)34-23-14-19(28(29,30)31)15-24(26(23)39-5)35-41(6,37)38/h7-15,35H,1H2,2-6H3,(H2,33,34,36)/b18-13+,32-17-. The van der Waals surface area contributed by atoms with Crippen LogP contribution in [0.1, 0.15) is 26.3 Å². The topological polar surface area (TPSA) is 118 Å². The molecule has 0 aliphatic carbocycles. The lowest BCUT2D eigenvalue weighted by molar-refractivity contribution is -0.137. The third-order valence-corrected chi connectivity index (χ3v) is 5.94. The first kappa shape index (κ1) is 31.0. The van der Waals surface area contributed by atoms with Crippen LogP contribution < -0.4 is 24.8 Å². The van der Waals surface area contributed by atoms with Crippen molar-refractivity contribution in [2.24, 2.45) is 4.99 Å². The number of ether oxygens (including phenoxy) is 2. The number of nitrogens with zero attached hydrogens (tertiary/aromatic N) is 1. The van der Waals surface area contributed by atoms with Gasteiger partial charge in [-0.1, -0.05) is 30.8 Å². The molecule has 3 aromatic rings. The molecule has 13 heteroatoms. The van der Waals surface area contributed by atoms with Crippen molar-refractivity contribution in [3.05, 3.63) is 78.2 Å². The number of nitrogens with one attached hydrogen (secondary N) is 3. The van der Waals surface area contributed by atoms with Crippen molar-refractivity contribution in [1.82, 2.24) is 0 Å². The van der Waals surface area contributed by atoms with Gasteiger partial charge in [0.1, 0.15) is 11.5 Å². The van der Waals surface area contributed by atoms with E-state index >= 15 is 0 Å². The first-order valence-corrected chi connectivity index (χ1v) is 13.9. The number of rotatable bonds is 9. The fourth-order valence-electron chi connectivity index (χ4n) is 3.96. The van der Waals surface area contributed by atoms with E-state index in [2.05, 4.69) is 22.2 Å². The molecular formula is C28H29F3N4O5S. The van der Waals surface area contributed by atoms with Crippen LogP contribution in [0, 0.1) is 0 Å². The molecule has 3 rings (SSSR count). The molecule has 0 saturated heterocycles. The Morgan fingerprint density at radius 1 is 0.976 bits per heavy atom. The summed E-state index contributed by atoms with van der Waals surface area (Å²) < 4.78 is 77.3. The molecule has 0 aliphatic heterocycles. The van der Waals surface area contributed by atoms with Gasteiger partial charge in [-0.15, -0.1) is 0 Å². The van der Waals surface area contributed by atoms with Gasteiger partial charge in [-0.25, -0.2) is 13.2 Å². The highest BCUT2D eigenvalue weighted by Gasteiger charge is 2.33. The zero-order valence-corrected chi connectivity index (χ0v) is 23.8. The first-order valence-electron chi connectivity index (χ1n) is 12.0. The lowest BCUT2D eigenvalue weighted by Crippen LogP contribution is -2.21. The van der Waals surface area contributed by atoms with E-state index in [9.17, 15) is 26.4 Å². The van der Waals surface area contributed by atoms with E-state index in [4.69, 9.17) is 9.47 Å². The second-order valence-corrected chi connectivity index (χ2v) is 10.8. The van der Waals surface area contributed by atoms with Gasteiger partial charge in [-0.3, -0.25) is 9.71 Å². The average molecular weight is 591 g/mol. The molecule has 9 nitrogen and oxygen atoms in total. The third kappa shape index (κ3) is 8.48. The van der Waals surface area contributed by atoms with Crippen LogP contribution in [0.5, 0.6) is 11.5 Å². The summed E-state index contributed by atoms with van der Waals surface area (Å²) in [5.74, 6) is 0.755. The summed E-state index contributed by atoms with van der Waals surface area (Å²) >= 11 is 0. The van der Waals surface area contributed by atoms with E-state index < -0.39 is 39.2 Å². The van der Waals surface area contributed by atoms with E-state index in [-0.39, 0.29) is 5.75 Å². The Bertz CT molecular complexity index is 1670. The summed E-state index contributed by atoms with van der Waals surface area (Å²) in [6, 6.07) is 10.6. The highest BCUT2D eigenvalue weighted by molar-refractivity contribution is 7.92. The zero-order chi connectivity index (χ0) is 30.5. The maximum atomic E-state index is 13.6. The maximum Gasteiger partial charge on any atom is 0.416 e. The highest BCUT2D eigenvalue weighted by atomic mass is 32.2. The SMILES string of the molecule is C=C(C)/N=C(C)\C=C(/C)Oc1ccc(NC(=O)Nc2cc(C(F)(F)F)cc(NS(C)(=O)=O)c2OC)c2ccccc12. The number of methoxy groups -OCH3 is 1. The molecule has 218 valence electrons. The number of hydrogen-bond donors (Lipinski definition) is 3. The average Bonchev–Trinajstić information content (AvgIpc) is 2.83. The van der Waals surface area contributed by atoms with E-state index in [0.29, 0.717) is 51.5 Å². The van der Waals surface area contributed by atoms with Gasteiger partial charge < -0.3 is 20.1 Å². The first-order chi connectivity index (χ1) is 19.1. The number of sulfonamides is 1. The number of allylic oxidation sites excluding steroid dienone is 3. The smallest absolute Gasteiger partial charge is 0.416 e. The third-order valence-electron chi connectivity index (χ3n) is 5.35. The van der Waals surface area contributed by atoms with Crippen LogP contribution in [0.25, 0.3) is 10.8 Å². The van der Waals surface area contributed by atoms with Crippen LogP contribution in [0.15, 0.2) is 77.6 Å². The maximum absolute atomic E-state index is 13.6. The van der Waals surface area contributed by atoms with Gasteiger partial charge >= 0.3 is 12.2 Å². The van der Waals surface area contributed by atoms with Gasteiger partial charge in [0.2, 0.25) is 10.0 Å². The number of fused-ring (bicyclic) bond motifs is 1. The fraction of sp³-hybridized carbons (Fsp3) is 0.214. The predicted molar refractivity (Wildman–Crippen MR) is 155 cm³/mol. The van der Waals surface area contributed by atoms with Crippen molar-refractivity contribution in [2.75, 3.05) is 28.7 Å². The summed E-state index contributed by atoms with van der Waals surface area (Å²) in [6.07, 6.45) is -2.31. The molecule has 41 heavy (non-hydrogen) atoms. The number of amides is 2. The van der Waals surface area contributed by atoms with Crippen molar-refractivity contribution >= 4 is 49.6 Å². The molecule has 0 fully saturated rings. The molecule has 0 radical (unpaired) electrons. The van der Waals surface area contributed by atoms with Crippen LogP contribution in [0.4, 0.5) is 35.0 Å². The Labute approximate surface area is 235 Å². The second-order valence-electron chi connectivity index (χ2n) is 9.06. The minimum absolute atomic E-state index is 0.306. The Balaban J connectivity index is 1.95. The lowest BCUT2D eigenvalue weighted by atomic mass is 10.1. The van der Waals surface area contributed by atoms with Crippen LogP contribution >= 0.6 is 0 Å². The van der Waals surface area contributed by atoms with E-state index in [0.717, 1.165) is 13.4 Å². The number of alkyl halides is 3. The number of aliphatic imine (C=N–C) groups is 1. The van der Waals surface area contributed by atoms with E-state index in [1.165, 1.54) is 0 Å². The minimum atomic E-state index is -4.83. The Morgan fingerprint density at radius 3 is 2.17 bits per heavy atom. The molecule has 0 bridgehead atoms. The lowest BCUT2D eigenvalue weighted by Gasteiger charge is -2.19. The van der Waals surface area contributed by atoms with Gasteiger partial charge in [-0.05, 0) is 51.1 Å². The van der Waals surface area contributed by atoms with Gasteiger partial charge in [-0.2, -0.15) is 13.2 Å². The Morgan fingerprint density at radius 2 is 1.59 bits per heavy atom. The van der Waals surface area contributed by atoms with Crippen LogP contribution in [-0.2, 0) is 16.2 Å². The second kappa shape index (κ2) is 12.3. The molecule has 3 N–H and O–H groups in total. The fourth-order valence-corrected chi connectivity index (χ4v) is 4.51. The summed E-state index contributed by atoms with van der Waals surface area (Å²) in [4.78, 5) is 17.2. The number of carbonyl (C=O) groups excluding carboxylic acids is 1. The Hall–Kier alpha value is -4.52. The van der Waals surface area contributed by atoms with Crippen molar-refractivity contribution in [3.8, 4) is 11.5 Å². The van der Waals surface area contributed by atoms with Crippen LogP contribution in [0.2, 0.25) is 0 Å². The molecule has 0 atom stereocenters. The number of benzene rings is 3.